The van der Waals surface area contributed by atoms with Gasteiger partial charge in [-0.2, -0.15) is 9.78 Å². The minimum Gasteiger partial charge on any atom is -0.267 e. The van der Waals surface area contributed by atoms with Gasteiger partial charge in [-0.1, -0.05) is 66.2 Å². The van der Waals surface area contributed by atoms with Crippen molar-refractivity contribution in [1.82, 2.24) is 14.8 Å². The average molecular weight is 363 g/mol. The van der Waals surface area contributed by atoms with Crippen LogP contribution in [0.4, 0.5) is 0 Å². The van der Waals surface area contributed by atoms with E-state index in [4.69, 9.17) is 4.98 Å². The van der Waals surface area contributed by atoms with Gasteiger partial charge in [0.1, 0.15) is 0 Å². The van der Waals surface area contributed by atoms with Crippen molar-refractivity contribution in [2.45, 2.75) is 6.92 Å². The highest BCUT2D eigenvalue weighted by atomic mass is 16.1. The number of nitrogens with zero attached hydrogens (tertiary/aromatic N) is 3. The fourth-order valence-electron chi connectivity index (χ4n) is 3.59. The SMILES string of the molecule is Cc1ccc(-n2ncc3nc4ccccc4c(-c4ccccc4)c3c2=O)cc1. The lowest BCUT2D eigenvalue weighted by Crippen LogP contribution is -2.22. The predicted octanol–water partition coefficient (Wildman–Crippen LogP) is 4.91. The van der Waals surface area contributed by atoms with Crippen LogP contribution < -0.4 is 5.56 Å². The molecule has 0 saturated heterocycles. The summed E-state index contributed by atoms with van der Waals surface area (Å²) in [6, 6.07) is 25.7. The zero-order valence-corrected chi connectivity index (χ0v) is 15.3. The molecular weight excluding hydrogens is 346 g/mol. The zero-order valence-electron chi connectivity index (χ0n) is 15.3. The Balaban J connectivity index is 1.93. The van der Waals surface area contributed by atoms with E-state index >= 15 is 0 Å². The van der Waals surface area contributed by atoms with Gasteiger partial charge >= 0.3 is 0 Å². The van der Waals surface area contributed by atoms with Gasteiger partial charge in [0.2, 0.25) is 0 Å². The fraction of sp³-hybridized carbons (Fsp3) is 0.0417. The summed E-state index contributed by atoms with van der Waals surface area (Å²) in [6.07, 6.45) is 1.68. The van der Waals surface area contributed by atoms with Crippen molar-refractivity contribution >= 4 is 21.8 Å². The number of fused-ring (bicyclic) bond motifs is 2. The summed E-state index contributed by atoms with van der Waals surface area (Å²) in [5.74, 6) is 0. The third kappa shape index (κ3) is 2.58. The van der Waals surface area contributed by atoms with Crippen LogP contribution >= 0.6 is 0 Å². The highest BCUT2D eigenvalue weighted by Gasteiger charge is 2.16. The molecule has 0 aliphatic rings. The lowest BCUT2D eigenvalue weighted by Gasteiger charge is -2.12. The Kier molecular flexibility index (Phi) is 3.76. The lowest BCUT2D eigenvalue weighted by molar-refractivity contribution is 0.819. The highest BCUT2D eigenvalue weighted by molar-refractivity contribution is 6.08. The second-order valence-corrected chi connectivity index (χ2v) is 6.83. The van der Waals surface area contributed by atoms with Gasteiger partial charge in [-0.25, -0.2) is 4.98 Å². The van der Waals surface area contributed by atoms with Gasteiger partial charge in [-0.05, 0) is 30.7 Å². The first-order chi connectivity index (χ1) is 13.7. The van der Waals surface area contributed by atoms with Crippen LogP contribution in [0, 0.1) is 6.92 Å². The summed E-state index contributed by atoms with van der Waals surface area (Å²) in [6.45, 7) is 2.02. The molecule has 0 fully saturated rings. The molecule has 0 atom stereocenters. The van der Waals surface area contributed by atoms with Crippen LogP contribution in [-0.2, 0) is 0 Å². The molecule has 5 rings (SSSR count). The van der Waals surface area contributed by atoms with E-state index in [0.29, 0.717) is 10.9 Å². The van der Waals surface area contributed by atoms with E-state index in [1.165, 1.54) is 4.68 Å². The Hall–Kier alpha value is -3.79. The summed E-state index contributed by atoms with van der Waals surface area (Å²) >= 11 is 0. The van der Waals surface area contributed by atoms with Crippen molar-refractivity contribution in [3.05, 3.63) is 101 Å². The predicted molar refractivity (Wildman–Crippen MR) is 113 cm³/mol. The number of aromatic nitrogens is 3. The van der Waals surface area contributed by atoms with Crippen molar-refractivity contribution < 1.29 is 0 Å². The Morgan fingerprint density at radius 2 is 1.50 bits per heavy atom. The van der Waals surface area contributed by atoms with Crippen LogP contribution in [0.1, 0.15) is 5.56 Å². The van der Waals surface area contributed by atoms with Crippen molar-refractivity contribution in [3.8, 4) is 16.8 Å². The Morgan fingerprint density at radius 3 is 2.29 bits per heavy atom. The minimum atomic E-state index is -0.168. The van der Waals surface area contributed by atoms with Gasteiger partial charge < -0.3 is 0 Å². The molecule has 28 heavy (non-hydrogen) atoms. The molecule has 0 aliphatic carbocycles. The molecular formula is C24H17N3O. The van der Waals surface area contributed by atoms with Crippen LogP contribution in [0.3, 0.4) is 0 Å². The van der Waals surface area contributed by atoms with Crippen molar-refractivity contribution in [2.24, 2.45) is 0 Å². The van der Waals surface area contributed by atoms with E-state index in [1.54, 1.807) is 6.20 Å². The van der Waals surface area contributed by atoms with E-state index in [2.05, 4.69) is 5.10 Å². The van der Waals surface area contributed by atoms with Gasteiger partial charge in [0.05, 0.1) is 28.3 Å². The molecule has 2 heterocycles. The Labute approximate surface area is 161 Å². The van der Waals surface area contributed by atoms with Crippen LogP contribution in [0.5, 0.6) is 0 Å². The van der Waals surface area contributed by atoms with Gasteiger partial charge in [0, 0.05) is 10.9 Å². The zero-order chi connectivity index (χ0) is 19.1. The molecule has 134 valence electrons. The second kappa shape index (κ2) is 6.43. The monoisotopic (exact) mass is 363 g/mol. The molecule has 0 spiro atoms. The molecule has 0 radical (unpaired) electrons. The maximum Gasteiger partial charge on any atom is 0.281 e. The number of benzene rings is 3. The van der Waals surface area contributed by atoms with E-state index in [1.807, 2.05) is 85.8 Å². The highest BCUT2D eigenvalue weighted by Crippen LogP contribution is 2.32. The maximum atomic E-state index is 13.5. The fourth-order valence-corrected chi connectivity index (χ4v) is 3.59. The summed E-state index contributed by atoms with van der Waals surface area (Å²) in [5, 5.41) is 5.93. The van der Waals surface area contributed by atoms with Gasteiger partial charge in [-0.15, -0.1) is 0 Å². The molecule has 4 heteroatoms. The first-order valence-corrected chi connectivity index (χ1v) is 9.15. The van der Waals surface area contributed by atoms with E-state index in [0.717, 1.165) is 33.3 Å². The smallest absolute Gasteiger partial charge is 0.267 e. The number of pyridine rings is 1. The number of rotatable bonds is 2. The Morgan fingerprint density at radius 1 is 0.786 bits per heavy atom. The lowest BCUT2D eigenvalue weighted by atomic mass is 9.97. The molecule has 0 aliphatic heterocycles. The minimum absolute atomic E-state index is 0.168. The topological polar surface area (TPSA) is 47.8 Å². The number of para-hydroxylation sites is 1. The quantitative estimate of drug-likeness (QED) is 0.419. The summed E-state index contributed by atoms with van der Waals surface area (Å²) in [4.78, 5) is 18.2. The molecule has 0 bridgehead atoms. The second-order valence-electron chi connectivity index (χ2n) is 6.83. The Bertz CT molecular complexity index is 1370. The third-order valence-electron chi connectivity index (χ3n) is 4.96. The van der Waals surface area contributed by atoms with Gasteiger partial charge in [0.15, 0.2) is 0 Å². The summed E-state index contributed by atoms with van der Waals surface area (Å²) in [7, 11) is 0. The molecule has 3 aromatic carbocycles. The normalized spacial score (nSPS) is 11.2. The van der Waals surface area contributed by atoms with Crippen molar-refractivity contribution in [2.75, 3.05) is 0 Å². The van der Waals surface area contributed by atoms with Gasteiger partial charge in [0.25, 0.3) is 5.56 Å². The van der Waals surface area contributed by atoms with Crippen LogP contribution in [-0.4, -0.2) is 14.8 Å². The molecule has 0 N–H and O–H groups in total. The van der Waals surface area contributed by atoms with Crippen molar-refractivity contribution in [3.63, 3.8) is 0 Å². The number of hydrogen-bond acceptors (Lipinski definition) is 3. The molecule has 0 amide bonds. The number of aryl methyl sites for hydroxylation is 1. The molecule has 0 unspecified atom stereocenters. The van der Waals surface area contributed by atoms with E-state index in [9.17, 15) is 4.79 Å². The molecule has 4 nitrogen and oxygen atoms in total. The summed E-state index contributed by atoms with van der Waals surface area (Å²) < 4.78 is 1.45. The molecule has 5 aromatic rings. The van der Waals surface area contributed by atoms with Crippen LogP contribution in [0.2, 0.25) is 0 Å². The first kappa shape index (κ1) is 16.4. The third-order valence-corrected chi connectivity index (χ3v) is 4.96. The first-order valence-electron chi connectivity index (χ1n) is 9.15. The standard InChI is InChI=1S/C24H17N3O/c1-16-11-13-18(14-12-16)27-24(28)23-21(15-25-27)26-20-10-6-5-9-19(20)22(23)17-7-3-2-4-8-17/h2-15H,1H3. The van der Waals surface area contributed by atoms with E-state index < -0.39 is 0 Å². The average Bonchev–Trinajstić information content (AvgIpc) is 2.74. The summed E-state index contributed by atoms with van der Waals surface area (Å²) in [5.41, 5.74) is 5.05. The molecule has 2 aromatic heterocycles. The van der Waals surface area contributed by atoms with E-state index in [-0.39, 0.29) is 5.56 Å². The number of hydrogen-bond donors (Lipinski definition) is 0. The maximum absolute atomic E-state index is 13.5. The van der Waals surface area contributed by atoms with Crippen LogP contribution in [0.25, 0.3) is 38.6 Å². The van der Waals surface area contributed by atoms with Crippen molar-refractivity contribution in [1.29, 1.82) is 0 Å². The van der Waals surface area contributed by atoms with Gasteiger partial charge in [-0.3, -0.25) is 4.79 Å². The van der Waals surface area contributed by atoms with Crippen LogP contribution in [0.15, 0.2) is 89.9 Å². The largest absolute Gasteiger partial charge is 0.281 e. The molecule has 0 saturated carbocycles.